The van der Waals surface area contributed by atoms with E-state index >= 15 is 0 Å². The van der Waals surface area contributed by atoms with Crippen LogP contribution in [0.1, 0.15) is 52.6 Å². The second-order valence-electron chi connectivity index (χ2n) is 6.79. The van der Waals surface area contributed by atoms with Gasteiger partial charge >= 0.3 is 6.09 Å². The zero-order valence-corrected chi connectivity index (χ0v) is 14.5. The molecule has 0 radical (unpaired) electrons. The number of benzene rings is 1. The van der Waals surface area contributed by atoms with Crippen molar-refractivity contribution in [2.24, 2.45) is 0 Å². The van der Waals surface area contributed by atoms with E-state index in [4.69, 9.17) is 4.74 Å². The summed E-state index contributed by atoms with van der Waals surface area (Å²) in [6.45, 7) is 10.0. The summed E-state index contributed by atoms with van der Waals surface area (Å²) >= 11 is 0. The Bertz CT molecular complexity index is 506. The van der Waals surface area contributed by atoms with Gasteiger partial charge in [0.15, 0.2) is 0 Å². The maximum atomic E-state index is 11.7. The van der Waals surface area contributed by atoms with Crippen LogP contribution >= 0.6 is 0 Å². The number of phenols is 2. The lowest BCUT2D eigenvalue weighted by Gasteiger charge is -2.22. The van der Waals surface area contributed by atoms with Crippen LogP contribution in [0, 0.1) is 0 Å². The molecule has 0 saturated carbocycles. The fourth-order valence-corrected chi connectivity index (χ4v) is 2.08. The van der Waals surface area contributed by atoms with Gasteiger partial charge in [-0.2, -0.15) is 0 Å². The number of carbonyl (C=O) groups excluding carboxylic acids is 1. The Morgan fingerprint density at radius 1 is 1.17 bits per heavy atom. The van der Waals surface area contributed by atoms with Gasteiger partial charge in [0.05, 0.1) is 0 Å². The fourth-order valence-electron chi connectivity index (χ4n) is 2.08. The second kappa shape index (κ2) is 8.06. The average molecular weight is 324 g/mol. The summed E-state index contributed by atoms with van der Waals surface area (Å²) in [4.78, 5) is 11.7. The van der Waals surface area contributed by atoms with E-state index in [2.05, 4.69) is 10.6 Å². The predicted molar refractivity (Wildman–Crippen MR) is 89.6 cm³/mol. The molecule has 130 valence electrons. The van der Waals surface area contributed by atoms with E-state index in [1.165, 1.54) is 6.07 Å². The minimum Gasteiger partial charge on any atom is -0.508 e. The molecule has 4 N–H and O–H groups in total. The van der Waals surface area contributed by atoms with Crippen LogP contribution < -0.4 is 10.6 Å². The lowest BCUT2D eigenvalue weighted by molar-refractivity contribution is 0.0506. The Balaban J connectivity index is 2.36. The highest BCUT2D eigenvalue weighted by Gasteiger charge is 2.17. The van der Waals surface area contributed by atoms with E-state index in [1.54, 1.807) is 12.1 Å². The van der Waals surface area contributed by atoms with Crippen LogP contribution in [0.15, 0.2) is 18.2 Å². The first-order valence-corrected chi connectivity index (χ1v) is 7.82. The third-order valence-corrected chi connectivity index (χ3v) is 3.22. The summed E-state index contributed by atoms with van der Waals surface area (Å²) in [6.07, 6.45) is 0.310. The molecule has 0 spiro atoms. The number of alkyl carbamates (subject to hydrolysis) is 1. The highest BCUT2D eigenvalue weighted by molar-refractivity contribution is 5.68. The molecule has 6 heteroatoms. The summed E-state index contributed by atoms with van der Waals surface area (Å²) < 4.78 is 5.21. The minimum atomic E-state index is -0.506. The lowest BCUT2D eigenvalue weighted by Crippen LogP contribution is -2.39. The van der Waals surface area contributed by atoms with E-state index in [9.17, 15) is 15.0 Å². The van der Waals surface area contributed by atoms with Crippen LogP contribution in [-0.2, 0) is 4.74 Å². The monoisotopic (exact) mass is 324 g/mol. The molecule has 0 fully saturated rings. The van der Waals surface area contributed by atoms with Gasteiger partial charge in [-0.25, -0.2) is 4.79 Å². The summed E-state index contributed by atoms with van der Waals surface area (Å²) in [5, 5.41) is 25.1. The van der Waals surface area contributed by atoms with Gasteiger partial charge in [-0.05, 0) is 65.3 Å². The van der Waals surface area contributed by atoms with Crippen molar-refractivity contribution < 1.29 is 19.7 Å². The average Bonchev–Trinajstić information content (AvgIpc) is 2.34. The van der Waals surface area contributed by atoms with Crippen molar-refractivity contribution in [2.45, 2.75) is 58.7 Å². The van der Waals surface area contributed by atoms with Gasteiger partial charge in [0.25, 0.3) is 0 Å². The predicted octanol–water partition coefficient (Wildman–Crippen LogP) is 3.05. The molecule has 1 aromatic carbocycles. The summed E-state index contributed by atoms with van der Waals surface area (Å²) in [6, 6.07) is 4.46. The number of phenolic OH excluding ortho intramolecular Hbond substituents is 2. The Morgan fingerprint density at radius 3 is 2.26 bits per heavy atom. The smallest absolute Gasteiger partial charge is 0.407 e. The highest BCUT2D eigenvalue weighted by atomic mass is 16.6. The van der Waals surface area contributed by atoms with E-state index in [1.807, 2.05) is 34.6 Å². The molecule has 0 aliphatic carbocycles. The van der Waals surface area contributed by atoms with Gasteiger partial charge in [0.1, 0.15) is 17.1 Å². The van der Waals surface area contributed by atoms with E-state index in [0.717, 1.165) is 12.0 Å². The molecule has 1 rings (SSSR count). The van der Waals surface area contributed by atoms with Gasteiger partial charge in [0, 0.05) is 18.2 Å². The fraction of sp³-hybridized carbons (Fsp3) is 0.588. The zero-order valence-electron chi connectivity index (χ0n) is 14.5. The van der Waals surface area contributed by atoms with E-state index in [-0.39, 0.29) is 23.6 Å². The number of hydrogen-bond donors (Lipinski definition) is 4. The summed E-state index contributed by atoms with van der Waals surface area (Å²) in [7, 11) is 0. The van der Waals surface area contributed by atoms with Gasteiger partial charge in [-0.15, -0.1) is 0 Å². The van der Waals surface area contributed by atoms with Crippen molar-refractivity contribution in [3.05, 3.63) is 23.8 Å². The van der Waals surface area contributed by atoms with Gasteiger partial charge in [-0.3, -0.25) is 0 Å². The first-order valence-electron chi connectivity index (χ1n) is 7.82. The molecule has 0 saturated heterocycles. The highest BCUT2D eigenvalue weighted by Crippen LogP contribution is 2.24. The molecule has 23 heavy (non-hydrogen) atoms. The Labute approximate surface area is 137 Å². The van der Waals surface area contributed by atoms with Crippen molar-refractivity contribution in [1.29, 1.82) is 0 Å². The molecule has 0 aromatic heterocycles. The zero-order chi connectivity index (χ0) is 17.6. The normalized spacial score (nSPS) is 14.1. The van der Waals surface area contributed by atoms with Crippen molar-refractivity contribution in [3.63, 3.8) is 0 Å². The Kier molecular flexibility index (Phi) is 6.69. The molecule has 0 aliphatic heterocycles. The number of amides is 1. The molecule has 1 aromatic rings. The standard InChI is InChI=1S/C17H28N2O4/c1-11(19-16(22)23-17(3,4)5)6-7-18-12(2)13-8-14(20)10-15(21)9-13/h8-12,18,20-21H,6-7H2,1-5H3,(H,19,22). The molecular weight excluding hydrogens is 296 g/mol. The van der Waals surface area contributed by atoms with Crippen LogP contribution in [0.2, 0.25) is 0 Å². The maximum Gasteiger partial charge on any atom is 0.407 e. The Morgan fingerprint density at radius 2 is 1.74 bits per heavy atom. The first kappa shape index (κ1) is 19.1. The lowest BCUT2D eigenvalue weighted by atomic mass is 10.1. The number of nitrogens with one attached hydrogen (secondary N) is 2. The summed E-state index contributed by atoms with van der Waals surface area (Å²) in [5.74, 6) is 0.0715. The third-order valence-electron chi connectivity index (χ3n) is 3.22. The second-order valence-corrected chi connectivity index (χ2v) is 6.79. The SMILES string of the molecule is CC(CCNC(C)c1cc(O)cc(O)c1)NC(=O)OC(C)(C)C. The van der Waals surface area contributed by atoms with Crippen LogP contribution in [0.4, 0.5) is 4.79 Å². The van der Waals surface area contributed by atoms with Crippen molar-refractivity contribution in [1.82, 2.24) is 10.6 Å². The quantitative estimate of drug-likeness (QED) is 0.645. The molecule has 0 heterocycles. The first-order chi connectivity index (χ1) is 10.6. The molecule has 0 bridgehead atoms. The molecule has 1 amide bonds. The van der Waals surface area contributed by atoms with Crippen LogP contribution in [0.25, 0.3) is 0 Å². The van der Waals surface area contributed by atoms with E-state index in [0.29, 0.717) is 6.54 Å². The van der Waals surface area contributed by atoms with Crippen molar-refractivity contribution in [3.8, 4) is 11.5 Å². The van der Waals surface area contributed by atoms with Crippen molar-refractivity contribution >= 4 is 6.09 Å². The number of hydrogen-bond acceptors (Lipinski definition) is 5. The number of carbonyl (C=O) groups is 1. The molecule has 6 nitrogen and oxygen atoms in total. The summed E-state index contributed by atoms with van der Waals surface area (Å²) in [5.41, 5.74) is 0.295. The molecule has 0 aliphatic rings. The van der Waals surface area contributed by atoms with Crippen LogP contribution in [0.5, 0.6) is 11.5 Å². The molecule has 2 atom stereocenters. The maximum absolute atomic E-state index is 11.7. The third kappa shape index (κ3) is 7.74. The number of ether oxygens (including phenoxy) is 1. The van der Waals surface area contributed by atoms with Crippen molar-refractivity contribution in [2.75, 3.05) is 6.54 Å². The topological polar surface area (TPSA) is 90.8 Å². The largest absolute Gasteiger partial charge is 0.508 e. The van der Waals surface area contributed by atoms with Crippen LogP contribution in [-0.4, -0.2) is 34.5 Å². The van der Waals surface area contributed by atoms with E-state index < -0.39 is 11.7 Å². The number of rotatable bonds is 6. The number of aromatic hydroxyl groups is 2. The Hall–Kier alpha value is -1.95. The minimum absolute atomic E-state index is 0.0258. The molecule has 2 unspecified atom stereocenters. The van der Waals surface area contributed by atoms with Gasteiger partial charge < -0.3 is 25.6 Å². The van der Waals surface area contributed by atoms with Gasteiger partial charge in [-0.1, -0.05) is 0 Å². The molecular formula is C17H28N2O4. The van der Waals surface area contributed by atoms with Crippen LogP contribution in [0.3, 0.4) is 0 Å². The van der Waals surface area contributed by atoms with Gasteiger partial charge in [0.2, 0.25) is 0 Å².